The van der Waals surface area contributed by atoms with Crippen molar-refractivity contribution in [3.63, 3.8) is 0 Å². The van der Waals surface area contributed by atoms with Crippen molar-refractivity contribution in [2.45, 2.75) is 6.54 Å². The van der Waals surface area contributed by atoms with E-state index in [1.807, 2.05) is 6.07 Å². The summed E-state index contributed by atoms with van der Waals surface area (Å²) in [5.41, 5.74) is 0.521. The number of para-hydroxylation sites is 1. The highest BCUT2D eigenvalue weighted by molar-refractivity contribution is 6.02. The number of amides is 2. The third-order valence-electron chi connectivity index (χ3n) is 4.06. The molecule has 0 spiro atoms. The number of nitrogens with one attached hydrogen (secondary N) is 2. The van der Waals surface area contributed by atoms with Crippen LogP contribution in [0.5, 0.6) is 11.5 Å². The molecule has 0 aliphatic heterocycles. The SMILES string of the molecule is COc1cc(NC(=O)Cn2nc(C(=O)Nc3ccccc3)ccc2=O)cc(OC)c1. The summed E-state index contributed by atoms with van der Waals surface area (Å²) < 4.78 is 11.3. The molecular formula is C21H20N4O5. The molecule has 0 fully saturated rings. The van der Waals surface area contributed by atoms with Gasteiger partial charge in [-0.05, 0) is 18.2 Å². The van der Waals surface area contributed by atoms with Crippen molar-refractivity contribution in [3.8, 4) is 11.5 Å². The molecule has 0 bridgehead atoms. The zero-order valence-electron chi connectivity index (χ0n) is 16.4. The van der Waals surface area contributed by atoms with Crippen LogP contribution >= 0.6 is 0 Å². The minimum Gasteiger partial charge on any atom is -0.497 e. The normalized spacial score (nSPS) is 10.2. The Morgan fingerprint density at radius 2 is 1.57 bits per heavy atom. The van der Waals surface area contributed by atoms with E-state index >= 15 is 0 Å². The fourth-order valence-corrected chi connectivity index (χ4v) is 2.62. The van der Waals surface area contributed by atoms with Crippen molar-refractivity contribution in [1.82, 2.24) is 9.78 Å². The lowest BCUT2D eigenvalue weighted by atomic mass is 10.2. The maximum atomic E-state index is 12.4. The van der Waals surface area contributed by atoms with Gasteiger partial charge in [0.25, 0.3) is 11.5 Å². The maximum absolute atomic E-state index is 12.4. The highest BCUT2D eigenvalue weighted by atomic mass is 16.5. The number of methoxy groups -OCH3 is 2. The van der Waals surface area contributed by atoms with E-state index in [4.69, 9.17) is 9.47 Å². The molecule has 2 amide bonds. The van der Waals surface area contributed by atoms with E-state index in [1.165, 1.54) is 26.4 Å². The monoisotopic (exact) mass is 408 g/mol. The van der Waals surface area contributed by atoms with Gasteiger partial charge in [0.15, 0.2) is 0 Å². The van der Waals surface area contributed by atoms with Gasteiger partial charge in [0.05, 0.1) is 14.2 Å². The number of nitrogens with zero attached hydrogens (tertiary/aromatic N) is 2. The Labute approximate surface area is 172 Å². The van der Waals surface area contributed by atoms with Crippen LogP contribution in [-0.2, 0) is 11.3 Å². The fraction of sp³-hybridized carbons (Fsp3) is 0.143. The zero-order chi connectivity index (χ0) is 21.5. The molecule has 0 atom stereocenters. The van der Waals surface area contributed by atoms with Gasteiger partial charge in [0.2, 0.25) is 5.91 Å². The van der Waals surface area contributed by atoms with Gasteiger partial charge in [0.1, 0.15) is 23.7 Å². The first kappa shape index (κ1) is 20.6. The molecule has 30 heavy (non-hydrogen) atoms. The molecule has 0 unspecified atom stereocenters. The molecule has 3 rings (SSSR count). The van der Waals surface area contributed by atoms with Crippen LogP contribution in [0.15, 0.2) is 65.5 Å². The molecule has 0 radical (unpaired) electrons. The molecule has 0 saturated heterocycles. The Morgan fingerprint density at radius 3 is 2.20 bits per heavy atom. The van der Waals surface area contributed by atoms with E-state index in [0.717, 1.165) is 4.68 Å². The van der Waals surface area contributed by atoms with E-state index in [2.05, 4.69) is 15.7 Å². The molecule has 2 aromatic carbocycles. The number of ether oxygens (including phenoxy) is 2. The van der Waals surface area contributed by atoms with Gasteiger partial charge in [-0.3, -0.25) is 14.4 Å². The quantitative estimate of drug-likeness (QED) is 0.620. The Morgan fingerprint density at radius 1 is 0.900 bits per heavy atom. The van der Waals surface area contributed by atoms with Gasteiger partial charge in [-0.1, -0.05) is 18.2 Å². The van der Waals surface area contributed by atoms with Crippen molar-refractivity contribution in [2.24, 2.45) is 0 Å². The van der Waals surface area contributed by atoms with Crippen LogP contribution in [0.25, 0.3) is 0 Å². The number of anilines is 2. The van der Waals surface area contributed by atoms with Gasteiger partial charge in [-0.25, -0.2) is 4.68 Å². The van der Waals surface area contributed by atoms with Crippen LogP contribution in [0.4, 0.5) is 11.4 Å². The number of aromatic nitrogens is 2. The van der Waals surface area contributed by atoms with E-state index in [0.29, 0.717) is 22.9 Å². The molecule has 0 aliphatic rings. The predicted molar refractivity (Wildman–Crippen MR) is 111 cm³/mol. The molecule has 1 aromatic heterocycles. The van der Waals surface area contributed by atoms with Crippen LogP contribution < -0.4 is 25.7 Å². The zero-order valence-corrected chi connectivity index (χ0v) is 16.4. The number of hydrogen-bond donors (Lipinski definition) is 2. The average molecular weight is 408 g/mol. The fourth-order valence-electron chi connectivity index (χ4n) is 2.62. The Hall–Kier alpha value is -4.14. The first-order chi connectivity index (χ1) is 14.5. The first-order valence-corrected chi connectivity index (χ1v) is 8.96. The van der Waals surface area contributed by atoms with Crippen molar-refractivity contribution in [1.29, 1.82) is 0 Å². The highest BCUT2D eigenvalue weighted by Crippen LogP contribution is 2.25. The van der Waals surface area contributed by atoms with Crippen LogP contribution in [0.1, 0.15) is 10.5 Å². The van der Waals surface area contributed by atoms with Crippen LogP contribution in [0.3, 0.4) is 0 Å². The van der Waals surface area contributed by atoms with Crippen molar-refractivity contribution < 1.29 is 19.1 Å². The second-order valence-corrected chi connectivity index (χ2v) is 6.18. The van der Waals surface area contributed by atoms with Crippen molar-refractivity contribution in [3.05, 3.63) is 76.7 Å². The van der Waals surface area contributed by atoms with Crippen LogP contribution in [-0.4, -0.2) is 35.8 Å². The third-order valence-corrected chi connectivity index (χ3v) is 4.06. The van der Waals surface area contributed by atoms with E-state index in [-0.39, 0.29) is 12.2 Å². The summed E-state index contributed by atoms with van der Waals surface area (Å²) in [7, 11) is 2.99. The summed E-state index contributed by atoms with van der Waals surface area (Å²) in [6.07, 6.45) is 0. The minimum atomic E-state index is -0.510. The van der Waals surface area contributed by atoms with Gasteiger partial charge in [-0.15, -0.1) is 0 Å². The molecular weight excluding hydrogens is 388 g/mol. The molecule has 0 saturated carbocycles. The first-order valence-electron chi connectivity index (χ1n) is 8.96. The van der Waals surface area contributed by atoms with E-state index < -0.39 is 17.4 Å². The lowest BCUT2D eigenvalue weighted by Gasteiger charge is -2.11. The topological polar surface area (TPSA) is 112 Å². The number of rotatable bonds is 7. The molecule has 2 N–H and O–H groups in total. The van der Waals surface area contributed by atoms with Gasteiger partial charge < -0.3 is 20.1 Å². The summed E-state index contributed by atoms with van der Waals surface area (Å²) >= 11 is 0. The predicted octanol–water partition coefficient (Wildman–Crippen LogP) is 2.15. The van der Waals surface area contributed by atoms with E-state index in [1.54, 1.807) is 42.5 Å². The number of carbonyl (C=O) groups excluding carboxylic acids is 2. The summed E-state index contributed by atoms with van der Waals surface area (Å²) in [6, 6.07) is 16.2. The maximum Gasteiger partial charge on any atom is 0.276 e. The summed E-state index contributed by atoms with van der Waals surface area (Å²) in [6.45, 7) is -0.370. The van der Waals surface area contributed by atoms with Crippen molar-refractivity contribution >= 4 is 23.2 Å². The molecule has 1 heterocycles. The lowest BCUT2D eigenvalue weighted by molar-refractivity contribution is -0.117. The Kier molecular flexibility index (Phi) is 6.43. The van der Waals surface area contributed by atoms with Gasteiger partial charge in [0, 0.05) is 35.6 Å². The number of hydrogen-bond acceptors (Lipinski definition) is 6. The molecule has 0 aliphatic carbocycles. The largest absolute Gasteiger partial charge is 0.497 e. The average Bonchev–Trinajstić information content (AvgIpc) is 2.75. The number of carbonyl (C=O) groups is 2. The standard InChI is InChI=1S/C21H20N4O5/c1-29-16-10-15(11-17(12-16)30-2)22-19(26)13-25-20(27)9-8-18(24-25)21(28)23-14-6-4-3-5-7-14/h3-12H,13H2,1-2H3,(H,22,26)(H,23,28). The number of benzene rings is 2. The molecule has 154 valence electrons. The summed E-state index contributed by atoms with van der Waals surface area (Å²) in [5, 5.41) is 9.33. The second kappa shape index (κ2) is 9.37. The smallest absolute Gasteiger partial charge is 0.276 e. The molecule has 3 aromatic rings. The van der Waals surface area contributed by atoms with Gasteiger partial charge >= 0.3 is 0 Å². The highest BCUT2D eigenvalue weighted by Gasteiger charge is 2.13. The van der Waals surface area contributed by atoms with Crippen LogP contribution in [0, 0.1) is 0 Å². The Bertz CT molecular complexity index is 1090. The van der Waals surface area contributed by atoms with E-state index in [9.17, 15) is 14.4 Å². The summed E-state index contributed by atoms with van der Waals surface area (Å²) in [4.78, 5) is 36.9. The van der Waals surface area contributed by atoms with Gasteiger partial charge in [-0.2, -0.15) is 5.10 Å². The van der Waals surface area contributed by atoms with Crippen molar-refractivity contribution in [2.75, 3.05) is 24.9 Å². The Balaban J connectivity index is 1.73. The van der Waals surface area contributed by atoms with Crippen LogP contribution in [0.2, 0.25) is 0 Å². The lowest BCUT2D eigenvalue weighted by Crippen LogP contribution is -2.31. The second-order valence-electron chi connectivity index (χ2n) is 6.18. The molecule has 9 nitrogen and oxygen atoms in total. The third kappa shape index (κ3) is 5.22. The minimum absolute atomic E-state index is 0.00861. The summed E-state index contributed by atoms with van der Waals surface area (Å²) in [5.74, 6) is 0.00691. The molecule has 9 heteroatoms.